The lowest BCUT2D eigenvalue weighted by Crippen LogP contribution is -2.63. The molecule has 0 radical (unpaired) electrons. The molecule has 0 spiro atoms. The summed E-state index contributed by atoms with van der Waals surface area (Å²) in [6.45, 7) is 13.8. The molecule has 0 bridgehead atoms. The Morgan fingerprint density at radius 3 is 1.95 bits per heavy atom. The van der Waals surface area contributed by atoms with Gasteiger partial charge < -0.3 is 14.8 Å². The van der Waals surface area contributed by atoms with E-state index < -0.39 is 29.7 Å². The Bertz CT molecular complexity index is 1150. The Morgan fingerprint density at radius 1 is 0.860 bits per heavy atom. The van der Waals surface area contributed by atoms with Gasteiger partial charge in [0.05, 0.1) is 6.04 Å². The van der Waals surface area contributed by atoms with E-state index in [1.807, 2.05) is 81.2 Å². The topological polar surface area (TPSA) is 97.0 Å². The first-order valence-electron chi connectivity index (χ1n) is 15.7. The summed E-state index contributed by atoms with van der Waals surface area (Å²) in [4.78, 5) is 41.1. The van der Waals surface area contributed by atoms with E-state index in [9.17, 15) is 14.4 Å². The van der Waals surface area contributed by atoms with Crippen LogP contribution in [0.2, 0.25) is 0 Å². The molecule has 1 aliphatic carbocycles. The van der Waals surface area contributed by atoms with Crippen LogP contribution in [0.3, 0.4) is 0 Å². The SMILES string of the molecule is CC(C)C(OC(=O)[C@H](NC(=O)OC(C)(C)C)[C@@H](C1CCCCC1)N(Cc1ccccc1)NC(=O)c1ccccc1)C(C)C. The van der Waals surface area contributed by atoms with Crippen molar-refractivity contribution in [1.29, 1.82) is 0 Å². The molecule has 2 N–H and O–H groups in total. The Balaban J connectivity index is 2.10. The lowest BCUT2D eigenvalue weighted by Gasteiger charge is -2.42. The van der Waals surface area contributed by atoms with E-state index in [-0.39, 0.29) is 29.8 Å². The van der Waals surface area contributed by atoms with Crippen molar-refractivity contribution in [2.75, 3.05) is 0 Å². The second-order valence-corrected chi connectivity index (χ2v) is 13.3. The maximum atomic E-state index is 14.2. The molecule has 3 rings (SSSR count). The summed E-state index contributed by atoms with van der Waals surface area (Å²) in [5.41, 5.74) is 3.83. The van der Waals surface area contributed by atoms with Crippen molar-refractivity contribution in [2.45, 2.75) is 111 Å². The summed E-state index contributed by atoms with van der Waals surface area (Å²) in [6, 6.07) is 17.1. The minimum atomic E-state index is -1.09. The molecule has 236 valence electrons. The van der Waals surface area contributed by atoms with E-state index in [1.54, 1.807) is 32.9 Å². The molecule has 1 aliphatic rings. The van der Waals surface area contributed by atoms with Crippen LogP contribution in [0.15, 0.2) is 60.7 Å². The average molecular weight is 594 g/mol. The molecular weight excluding hydrogens is 542 g/mol. The van der Waals surface area contributed by atoms with Gasteiger partial charge in [0.1, 0.15) is 17.7 Å². The Morgan fingerprint density at radius 2 is 1.42 bits per heavy atom. The van der Waals surface area contributed by atoms with Gasteiger partial charge in [-0.1, -0.05) is 95.5 Å². The number of carbonyl (C=O) groups excluding carboxylic acids is 3. The Kier molecular flexibility index (Phi) is 12.6. The average Bonchev–Trinajstić information content (AvgIpc) is 2.95. The zero-order valence-electron chi connectivity index (χ0n) is 27.0. The number of rotatable bonds is 12. The number of alkyl carbamates (subject to hydrolysis) is 1. The number of amides is 2. The van der Waals surface area contributed by atoms with Gasteiger partial charge in [-0.25, -0.2) is 14.6 Å². The number of hydrazine groups is 1. The first kappa shape index (κ1) is 34.1. The van der Waals surface area contributed by atoms with E-state index in [4.69, 9.17) is 9.47 Å². The molecule has 0 aromatic heterocycles. The van der Waals surface area contributed by atoms with Crippen LogP contribution in [0.25, 0.3) is 0 Å². The van der Waals surface area contributed by atoms with E-state index in [1.165, 1.54) is 0 Å². The van der Waals surface area contributed by atoms with E-state index in [0.717, 1.165) is 37.7 Å². The van der Waals surface area contributed by atoms with E-state index in [2.05, 4.69) is 10.7 Å². The van der Waals surface area contributed by atoms with Gasteiger partial charge in [-0.05, 0) is 69.1 Å². The fraction of sp³-hybridized carbons (Fsp3) is 0.571. The molecule has 2 aromatic rings. The Hall–Kier alpha value is -3.39. The predicted molar refractivity (Wildman–Crippen MR) is 169 cm³/mol. The van der Waals surface area contributed by atoms with Crippen LogP contribution in [0.5, 0.6) is 0 Å². The van der Waals surface area contributed by atoms with E-state index >= 15 is 0 Å². The van der Waals surface area contributed by atoms with Crippen molar-refractivity contribution in [3.63, 3.8) is 0 Å². The van der Waals surface area contributed by atoms with Gasteiger partial charge in [0.2, 0.25) is 0 Å². The number of benzene rings is 2. The molecule has 0 aliphatic heterocycles. The molecule has 43 heavy (non-hydrogen) atoms. The van der Waals surface area contributed by atoms with Crippen molar-refractivity contribution < 1.29 is 23.9 Å². The third kappa shape index (κ3) is 10.7. The highest BCUT2D eigenvalue weighted by Crippen LogP contribution is 2.32. The predicted octanol–water partition coefficient (Wildman–Crippen LogP) is 6.90. The van der Waals surface area contributed by atoms with Crippen molar-refractivity contribution in [3.8, 4) is 0 Å². The lowest BCUT2D eigenvalue weighted by atomic mass is 9.80. The minimum absolute atomic E-state index is 0.0116. The van der Waals surface area contributed by atoms with E-state index in [0.29, 0.717) is 12.1 Å². The molecule has 8 heteroatoms. The van der Waals surface area contributed by atoms with Gasteiger partial charge in [0, 0.05) is 12.1 Å². The van der Waals surface area contributed by atoms with Crippen molar-refractivity contribution in [3.05, 3.63) is 71.8 Å². The highest BCUT2D eigenvalue weighted by atomic mass is 16.6. The molecule has 1 saturated carbocycles. The van der Waals surface area contributed by atoms with Crippen LogP contribution >= 0.6 is 0 Å². The summed E-state index contributed by atoms with van der Waals surface area (Å²) >= 11 is 0. The molecular formula is C35H51N3O5. The summed E-state index contributed by atoms with van der Waals surface area (Å²) in [5, 5.41) is 4.74. The third-order valence-corrected chi connectivity index (χ3v) is 7.80. The molecule has 2 atom stereocenters. The monoisotopic (exact) mass is 593 g/mol. The third-order valence-electron chi connectivity index (χ3n) is 7.80. The van der Waals surface area contributed by atoms with Crippen LogP contribution in [0, 0.1) is 17.8 Å². The fourth-order valence-corrected chi connectivity index (χ4v) is 5.93. The number of nitrogens with zero attached hydrogens (tertiary/aromatic N) is 1. The molecule has 2 aromatic carbocycles. The van der Waals surface area contributed by atoms with Gasteiger partial charge in [-0.2, -0.15) is 0 Å². The number of hydrogen-bond acceptors (Lipinski definition) is 6. The largest absolute Gasteiger partial charge is 0.460 e. The summed E-state index contributed by atoms with van der Waals surface area (Å²) in [6.07, 6.45) is 3.78. The molecule has 1 fully saturated rings. The highest BCUT2D eigenvalue weighted by Gasteiger charge is 2.43. The second kappa shape index (κ2) is 15.9. The molecule has 0 heterocycles. The van der Waals surface area contributed by atoms with Crippen molar-refractivity contribution in [1.82, 2.24) is 15.8 Å². The standard InChI is InChI=1S/C35H51N3O5/c1-24(2)31(25(3)4)42-33(40)29(36-34(41)43-35(5,6)7)30(27-19-13-9-14-20-27)38(23-26-17-11-8-12-18-26)37-32(39)28-21-15-10-16-22-28/h8,10-12,15-18,21-22,24-25,27,29-31H,9,13-14,19-20,23H2,1-7H3,(H,36,41)(H,37,39)/t29-,30-/m1/s1. The maximum Gasteiger partial charge on any atom is 0.408 e. The van der Waals surface area contributed by atoms with Gasteiger partial charge in [-0.3, -0.25) is 10.2 Å². The number of ether oxygens (including phenoxy) is 2. The quantitative estimate of drug-likeness (QED) is 0.205. The Labute approximate surface area is 257 Å². The molecule has 8 nitrogen and oxygen atoms in total. The zero-order valence-corrected chi connectivity index (χ0v) is 27.0. The van der Waals surface area contributed by atoms with Gasteiger partial charge in [0.15, 0.2) is 0 Å². The van der Waals surface area contributed by atoms with Crippen LogP contribution in [0.1, 0.15) is 96.5 Å². The number of esters is 1. The molecule has 2 amide bonds. The van der Waals surface area contributed by atoms with Gasteiger partial charge in [-0.15, -0.1) is 0 Å². The van der Waals surface area contributed by atoms with Crippen LogP contribution < -0.4 is 10.7 Å². The molecule has 0 unspecified atom stereocenters. The summed E-state index contributed by atoms with van der Waals surface area (Å²) in [5.74, 6) is -0.641. The summed E-state index contributed by atoms with van der Waals surface area (Å²) < 4.78 is 11.8. The normalized spacial score (nSPS) is 15.8. The lowest BCUT2D eigenvalue weighted by molar-refractivity contribution is -0.160. The fourth-order valence-electron chi connectivity index (χ4n) is 5.93. The van der Waals surface area contributed by atoms with Gasteiger partial charge >= 0.3 is 12.1 Å². The number of hydrogen-bond donors (Lipinski definition) is 2. The van der Waals surface area contributed by atoms with Crippen LogP contribution in [-0.2, 0) is 20.8 Å². The van der Waals surface area contributed by atoms with Crippen LogP contribution in [-0.4, -0.2) is 46.8 Å². The van der Waals surface area contributed by atoms with Crippen molar-refractivity contribution >= 4 is 18.0 Å². The number of carbonyl (C=O) groups is 3. The number of nitrogens with one attached hydrogen (secondary N) is 2. The smallest absolute Gasteiger partial charge is 0.408 e. The maximum absolute atomic E-state index is 14.2. The second-order valence-electron chi connectivity index (χ2n) is 13.3. The van der Waals surface area contributed by atoms with Crippen molar-refractivity contribution in [2.24, 2.45) is 17.8 Å². The van der Waals surface area contributed by atoms with Crippen LogP contribution in [0.4, 0.5) is 4.79 Å². The minimum Gasteiger partial charge on any atom is -0.460 e. The first-order chi connectivity index (χ1) is 20.4. The highest BCUT2D eigenvalue weighted by molar-refractivity contribution is 5.93. The zero-order chi connectivity index (χ0) is 31.6. The molecule has 0 saturated heterocycles. The first-order valence-corrected chi connectivity index (χ1v) is 15.7. The van der Waals surface area contributed by atoms with Gasteiger partial charge in [0.25, 0.3) is 5.91 Å². The summed E-state index contributed by atoms with van der Waals surface area (Å²) in [7, 11) is 0.